The normalized spacial score (nSPS) is 21.2. The van der Waals surface area contributed by atoms with E-state index in [1.54, 1.807) is 34.3 Å². The standard InChI is InChI=1S/C29H31F3N6.C26H25F3N6/c1-18(2)36-11-8-22(9-12-36)38-16-19(15-34-38)23-7-10-33-26-5-6-28(35-29(23)26)37-17-21(31)14-27(37)24-13-20(30)3-4-25(24)32;27-17-1-2-22(29)21(11-17)24-12-18(28)15-34(24)25-4-3-23-26(33-25)20(7-10-31-23)16-13-32-35(14-16)19-5-8-30-9-6-19/h3-7,10,13,15-16,18,21-22,27H,8-9,11-12,14,17H2,1-2H3;1-4,7,10-11,13-14,18-19,24,30H,5-6,8-9,12,15H2/t21-,27+;18-,24+/m00/s1. The van der Waals surface area contributed by atoms with E-state index in [-0.39, 0.29) is 37.1 Å². The molecule has 4 aliphatic rings. The molecule has 1 N–H and O–H groups in total. The van der Waals surface area contributed by atoms with Gasteiger partial charge in [-0.2, -0.15) is 10.2 Å². The number of alkyl halides is 2. The van der Waals surface area contributed by atoms with Gasteiger partial charge >= 0.3 is 0 Å². The number of anilines is 2. The first-order valence-corrected chi connectivity index (χ1v) is 25.2. The Morgan fingerprint density at radius 3 is 1.51 bits per heavy atom. The summed E-state index contributed by atoms with van der Waals surface area (Å²) in [5.41, 5.74) is 6.64. The molecule has 73 heavy (non-hydrogen) atoms. The van der Waals surface area contributed by atoms with E-state index in [4.69, 9.17) is 9.97 Å². The van der Waals surface area contributed by atoms with Crippen LogP contribution in [0.4, 0.5) is 38.0 Å². The van der Waals surface area contributed by atoms with Gasteiger partial charge in [-0.05, 0) is 125 Å². The number of hydrogen-bond acceptors (Lipinski definition) is 10. The molecular formula is C55H56F6N12. The van der Waals surface area contributed by atoms with Crippen molar-refractivity contribution >= 4 is 33.7 Å². The highest BCUT2D eigenvalue weighted by molar-refractivity contribution is 5.93. The van der Waals surface area contributed by atoms with Gasteiger partial charge in [-0.25, -0.2) is 36.3 Å². The van der Waals surface area contributed by atoms with Crippen molar-refractivity contribution in [2.24, 2.45) is 0 Å². The lowest BCUT2D eigenvalue weighted by atomic mass is 10.0. The Kier molecular flexibility index (Phi) is 13.6. The summed E-state index contributed by atoms with van der Waals surface area (Å²) in [6, 6.07) is 17.6. The number of piperidine rings is 2. The zero-order valence-electron chi connectivity index (χ0n) is 40.6. The van der Waals surface area contributed by atoms with Crippen molar-refractivity contribution in [2.45, 2.75) is 94.9 Å². The minimum atomic E-state index is -1.17. The number of pyridine rings is 4. The summed E-state index contributed by atoms with van der Waals surface area (Å²) in [5, 5.41) is 12.7. The second-order valence-electron chi connectivity index (χ2n) is 19.9. The molecule has 18 heteroatoms. The molecule has 12 nitrogen and oxygen atoms in total. The summed E-state index contributed by atoms with van der Waals surface area (Å²) in [5.74, 6) is -1.18. The molecule has 4 atom stereocenters. The third-order valence-corrected chi connectivity index (χ3v) is 15.0. The van der Waals surface area contributed by atoms with Crippen molar-refractivity contribution in [1.82, 2.24) is 49.7 Å². The molecule has 0 spiro atoms. The Morgan fingerprint density at radius 2 is 1.04 bits per heavy atom. The van der Waals surface area contributed by atoms with Gasteiger partial charge in [0.05, 0.1) is 71.7 Å². The van der Waals surface area contributed by atoms with Crippen LogP contribution in [0.3, 0.4) is 0 Å². The summed E-state index contributed by atoms with van der Waals surface area (Å²) < 4.78 is 90.3. The van der Waals surface area contributed by atoms with E-state index in [0.717, 1.165) is 111 Å². The van der Waals surface area contributed by atoms with Gasteiger partial charge in [0.25, 0.3) is 0 Å². The fourth-order valence-electron chi connectivity index (χ4n) is 11.1. The van der Waals surface area contributed by atoms with Crippen molar-refractivity contribution < 1.29 is 26.3 Å². The minimum Gasteiger partial charge on any atom is -0.346 e. The monoisotopic (exact) mass is 998 g/mol. The van der Waals surface area contributed by atoms with Gasteiger partial charge in [-0.3, -0.25) is 19.3 Å². The smallest absolute Gasteiger partial charge is 0.130 e. The average molecular weight is 999 g/mol. The Morgan fingerprint density at radius 1 is 0.575 bits per heavy atom. The van der Waals surface area contributed by atoms with Crippen LogP contribution in [0.1, 0.15) is 87.7 Å². The molecule has 2 aromatic carbocycles. The van der Waals surface area contributed by atoms with Gasteiger partial charge in [0.2, 0.25) is 0 Å². The Balaban J connectivity index is 0.000000158. The number of aromatic nitrogens is 8. The van der Waals surface area contributed by atoms with Gasteiger partial charge in [-0.1, -0.05) is 0 Å². The summed E-state index contributed by atoms with van der Waals surface area (Å²) in [6.07, 6.45) is 13.2. The lowest BCUT2D eigenvalue weighted by Crippen LogP contribution is -2.39. The number of likely N-dealkylation sites (tertiary alicyclic amines) is 1. The lowest BCUT2D eigenvalue weighted by Gasteiger charge is -2.34. The molecule has 378 valence electrons. The summed E-state index contributed by atoms with van der Waals surface area (Å²) in [4.78, 5) is 24.6. The highest BCUT2D eigenvalue weighted by Gasteiger charge is 2.38. The van der Waals surface area contributed by atoms with Gasteiger partial charge < -0.3 is 20.0 Å². The van der Waals surface area contributed by atoms with Crippen LogP contribution >= 0.6 is 0 Å². The van der Waals surface area contributed by atoms with E-state index in [9.17, 15) is 26.3 Å². The van der Waals surface area contributed by atoms with E-state index < -0.39 is 47.7 Å². The molecule has 10 heterocycles. The van der Waals surface area contributed by atoms with Crippen LogP contribution in [0, 0.1) is 23.3 Å². The molecule has 4 fully saturated rings. The first-order chi connectivity index (χ1) is 35.4. The molecule has 0 radical (unpaired) electrons. The summed E-state index contributed by atoms with van der Waals surface area (Å²) in [6.45, 7) is 8.63. The van der Waals surface area contributed by atoms with Crippen molar-refractivity contribution in [3.63, 3.8) is 0 Å². The van der Waals surface area contributed by atoms with Gasteiger partial charge in [0, 0.05) is 90.1 Å². The van der Waals surface area contributed by atoms with Gasteiger partial charge in [0.15, 0.2) is 0 Å². The predicted molar refractivity (Wildman–Crippen MR) is 270 cm³/mol. The fraction of sp³-hybridized carbons (Fsp3) is 0.382. The third kappa shape index (κ3) is 9.98. The maximum atomic E-state index is 14.6. The molecule has 0 unspecified atom stereocenters. The van der Waals surface area contributed by atoms with Crippen molar-refractivity contribution in [1.29, 1.82) is 0 Å². The maximum Gasteiger partial charge on any atom is 0.130 e. The van der Waals surface area contributed by atoms with Crippen LogP contribution in [0.25, 0.3) is 44.3 Å². The van der Waals surface area contributed by atoms with E-state index >= 15 is 0 Å². The Labute approximate surface area is 419 Å². The van der Waals surface area contributed by atoms with Crippen molar-refractivity contribution in [3.8, 4) is 22.3 Å². The molecule has 4 aliphatic heterocycles. The van der Waals surface area contributed by atoms with Crippen LogP contribution in [-0.4, -0.2) is 102 Å². The van der Waals surface area contributed by atoms with Crippen LogP contribution in [0.2, 0.25) is 0 Å². The van der Waals surface area contributed by atoms with Gasteiger partial charge in [0.1, 0.15) is 47.2 Å². The van der Waals surface area contributed by atoms with Crippen molar-refractivity contribution in [2.75, 3.05) is 49.1 Å². The number of rotatable bonds is 9. The highest BCUT2D eigenvalue weighted by atomic mass is 19.2. The zero-order valence-corrected chi connectivity index (χ0v) is 40.6. The largest absolute Gasteiger partial charge is 0.346 e. The molecule has 6 aromatic heterocycles. The topological polar surface area (TPSA) is 109 Å². The lowest BCUT2D eigenvalue weighted by molar-refractivity contribution is 0.147. The number of benzene rings is 2. The minimum absolute atomic E-state index is 0.0573. The Bertz CT molecular complexity index is 3240. The van der Waals surface area contributed by atoms with Crippen LogP contribution in [0.15, 0.2) is 110 Å². The summed E-state index contributed by atoms with van der Waals surface area (Å²) in [7, 11) is 0. The highest BCUT2D eigenvalue weighted by Crippen LogP contribution is 2.41. The van der Waals surface area contributed by atoms with Gasteiger partial charge in [-0.15, -0.1) is 0 Å². The molecule has 8 aromatic rings. The van der Waals surface area contributed by atoms with Crippen LogP contribution in [-0.2, 0) is 0 Å². The number of nitrogens with zero attached hydrogens (tertiary/aromatic N) is 11. The predicted octanol–water partition coefficient (Wildman–Crippen LogP) is 11.1. The first-order valence-electron chi connectivity index (χ1n) is 25.2. The van der Waals surface area contributed by atoms with Crippen molar-refractivity contribution in [3.05, 3.63) is 144 Å². The second-order valence-corrected chi connectivity index (χ2v) is 19.9. The number of fused-ring (bicyclic) bond motifs is 2. The first kappa shape index (κ1) is 48.4. The number of halogens is 6. The number of nitrogens with one attached hydrogen (secondary N) is 1. The molecular weight excluding hydrogens is 943 g/mol. The fourth-order valence-corrected chi connectivity index (χ4v) is 11.1. The number of hydrogen-bond donors (Lipinski definition) is 1. The zero-order chi connectivity index (χ0) is 50.3. The second kappa shape index (κ2) is 20.5. The molecule has 0 saturated carbocycles. The van der Waals surface area contributed by atoms with Crippen LogP contribution in [0.5, 0.6) is 0 Å². The van der Waals surface area contributed by atoms with E-state index in [0.29, 0.717) is 51.8 Å². The summed E-state index contributed by atoms with van der Waals surface area (Å²) >= 11 is 0. The molecule has 0 amide bonds. The average Bonchev–Trinajstić information content (AvgIpc) is 4.25. The molecule has 4 saturated heterocycles. The van der Waals surface area contributed by atoms with E-state index in [2.05, 4.69) is 55.1 Å². The molecule has 0 bridgehead atoms. The maximum absolute atomic E-state index is 14.6. The van der Waals surface area contributed by atoms with E-state index in [1.807, 2.05) is 47.5 Å². The third-order valence-electron chi connectivity index (χ3n) is 15.0. The van der Waals surface area contributed by atoms with Crippen LogP contribution < -0.4 is 15.1 Å². The Hall–Kier alpha value is -6.92. The molecule has 12 rings (SSSR count). The molecule has 0 aliphatic carbocycles. The quantitative estimate of drug-likeness (QED) is 0.140. The SMILES string of the molecule is CC(C)N1CCC(n2cc(-c3ccnc4ccc(N5C[C@@H](F)C[C@@H]5c5cc(F)ccc5F)nc34)cn2)CC1.Fc1ccc(F)c([C@H]2C[C@H](F)CN2c2ccc3nccc(-c4cnn(C5CCNCC5)c4)c3n2)c1. The van der Waals surface area contributed by atoms with E-state index in [1.165, 1.54) is 0 Å².